The first-order valence-electron chi connectivity index (χ1n) is 5.57. The van der Waals surface area contributed by atoms with Crippen molar-refractivity contribution in [1.29, 1.82) is 0 Å². The Balaban J connectivity index is 2.23. The van der Waals surface area contributed by atoms with Gasteiger partial charge in [-0.3, -0.25) is 0 Å². The van der Waals surface area contributed by atoms with Crippen molar-refractivity contribution in [2.75, 3.05) is 43.6 Å². The van der Waals surface area contributed by atoms with E-state index in [0.29, 0.717) is 12.2 Å². The second kappa shape index (κ2) is 5.05. The fourth-order valence-corrected chi connectivity index (χ4v) is 1.97. The summed E-state index contributed by atoms with van der Waals surface area (Å²) in [6.07, 6.45) is 0. The molecule has 1 aromatic carbocycles. The molecule has 92 valence electrons. The van der Waals surface area contributed by atoms with Crippen molar-refractivity contribution in [3.05, 3.63) is 23.8 Å². The minimum absolute atomic E-state index is 0.310. The molecule has 0 fully saturated rings. The molecule has 1 aliphatic rings. The van der Waals surface area contributed by atoms with Gasteiger partial charge in [0.25, 0.3) is 0 Å². The number of carbonyl (C=O) groups is 1. The first kappa shape index (κ1) is 11.7. The van der Waals surface area contributed by atoms with Crippen molar-refractivity contribution < 1.29 is 14.6 Å². The number of hydrogen-bond acceptors (Lipinski definition) is 4. The van der Waals surface area contributed by atoms with Crippen LogP contribution in [-0.4, -0.2) is 44.4 Å². The molecule has 0 radical (unpaired) electrons. The highest BCUT2D eigenvalue weighted by atomic mass is 16.5. The Bertz CT molecular complexity index is 420. The van der Waals surface area contributed by atoms with Crippen LogP contribution in [0.3, 0.4) is 0 Å². The van der Waals surface area contributed by atoms with Crippen LogP contribution < -0.4 is 10.2 Å². The molecule has 0 bridgehead atoms. The molecule has 0 atom stereocenters. The second-order valence-corrected chi connectivity index (χ2v) is 3.94. The minimum atomic E-state index is -0.899. The highest BCUT2D eigenvalue weighted by Gasteiger charge is 2.17. The molecule has 0 saturated carbocycles. The quantitative estimate of drug-likeness (QED) is 0.824. The van der Waals surface area contributed by atoms with E-state index in [1.807, 2.05) is 6.07 Å². The smallest absolute Gasteiger partial charge is 0.335 e. The molecule has 0 aliphatic carbocycles. The van der Waals surface area contributed by atoms with Crippen LogP contribution in [0.15, 0.2) is 18.2 Å². The molecule has 0 amide bonds. The number of carboxylic acid groups (broad SMARTS) is 1. The Morgan fingerprint density at radius 2 is 2.41 bits per heavy atom. The zero-order valence-electron chi connectivity index (χ0n) is 9.77. The van der Waals surface area contributed by atoms with Gasteiger partial charge in [0.2, 0.25) is 0 Å². The summed E-state index contributed by atoms with van der Waals surface area (Å²) in [5, 5.41) is 12.2. The van der Waals surface area contributed by atoms with Crippen LogP contribution in [0.5, 0.6) is 0 Å². The van der Waals surface area contributed by atoms with Gasteiger partial charge in [-0.2, -0.15) is 0 Å². The summed E-state index contributed by atoms with van der Waals surface area (Å²) in [4.78, 5) is 13.1. The number of anilines is 2. The molecule has 1 aromatic rings. The van der Waals surface area contributed by atoms with E-state index < -0.39 is 5.97 Å². The lowest BCUT2D eigenvalue weighted by atomic mass is 10.1. The van der Waals surface area contributed by atoms with Crippen molar-refractivity contribution in [2.45, 2.75) is 0 Å². The van der Waals surface area contributed by atoms with Crippen LogP contribution in [0.2, 0.25) is 0 Å². The third-order valence-corrected chi connectivity index (χ3v) is 2.85. The van der Waals surface area contributed by atoms with Crippen LogP contribution in [0.25, 0.3) is 0 Å². The van der Waals surface area contributed by atoms with Crippen molar-refractivity contribution in [1.82, 2.24) is 0 Å². The fraction of sp³-hybridized carbons (Fsp3) is 0.417. The minimum Gasteiger partial charge on any atom is -0.478 e. The van der Waals surface area contributed by atoms with E-state index in [9.17, 15) is 4.79 Å². The standard InChI is InChI=1S/C12H16N2O3/c1-17-7-6-14-5-4-13-10-8-9(12(15)16)2-3-11(10)14/h2-3,8,13H,4-7H2,1H3,(H,15,16). The molecule has 0 unspecified atom stereocenters. The Morgan fingerprint density at radius 3 is 3.12 bits per heavy atom. The van der Waals surface area contributed by atoms with E-state index in [0.717, 1.165) is 31.0 Å². The third kappa shape index (κ3) is 2.50. The number of hydrogen-bond donors (Lipinski definition) is 2. The normalized spacial score (nSPS) is 14.1. The molecule has 5 nitrogen and oxygen atoms in total. The summed E-state index contributed by atoms with van der Waals surface area (Å²) in [6.45, 7) is 3.21. The number of ether oxygens (including phenoxy) is 1. The summed E-state index contributed by atoms with van der Waals surface area (Å²) in [6, 6.07) is 5.16. The molecule has 0 spiro atoms. The van der Waals surface area contributed by atoms with Gasteiger partial charge in [0.1, 0.15) is 0 Å². The van der Waals surface area contributed by atoms with Gasteiger partial charge in [-0.05, 0) is 18.2 Å². The summed E-state index contributed by atoms with van der Waals surface area (Å²) < 4.78 is 5.07. The molecule has 1 aliphatic heterocycles. The molecule has 17 heavy (non-hydrogen) atoms. The predicted octanol–water partition coefficient (Wildman–Crippen LogP) is 1.26. The molecule has 2 rings (SSSR count). The summed E-state index contributed by atoms with van der Waals surface area (Å²) >= 11 is 0. The van der Waals surface area contributed by atoms with E-state index in [4.69, 9.17) is 9.84 Å². The van der Waals surface area contributed by atoms with Gasteiger partial charge in [0, 0.05) is 26.7 Å². The predicted molar refractivity (Wildman–Crippen MR) is 66.0 cm³/mol. The van der Waals surface area contributed by atoms with Crippen LogP contribution in [0.1, 0.15) is 10.4 Å². The van der Waals surface area contributed by atoms with E-state index in [1.54, 1.807) is 19.2 Å². The lowest BCUT2D eigenvalue weighted by Gasteiger charge is -2.32. The van der Waals surface area contributed by atoms with Gasteiger partial charge in [-0.15, -0.1) is 0 Å². The van der Waals surface area contributed by atoms with Crippen molar-refractivity contribution in [3.8, 4) is 0 Å². The van der Waals surface area contributed by atoms with Crippen LogP contribution in [-0.2, 0) is 4.74 Å². The van der Waals surface area contributed by atoms with E-state index in [1.165, 1.54) is 0 Å². The van der Waals surface area contributed by atoms with Gasteiger partial charge >= 0.3 is 5.97 Å². The maximum Gasteiger partial charge on any atom is 0.335 e. The van der Waals surface area contributed by atoms with Gasteiger partial charge in [-0.1, -0.05) is 0 Å². The van der Waals surface area contributed by atoms with Gasteiger partial charge in [0.15, 0.2) is 0 Å². The van der Waals surface area contributed by atoms with Crippen molar-refractivity contribution in [2.24, 2.45) is 0 Å². The number of rotatable bonds is 4. The lowest BCUT2D eigenvalue weighted by Crippen LogP contribution is -2.36. The number of carboxylic acids is 1. The first-order valence-corrected chi connectivity index (χ1v) is 5.57. The second-order valence-electron chi connectivity index (χ2n) is 3.94. The summed E-state index contributed by atoms with van der Waals surface area (Å²) in [5.41, 5.74) is 2.23. The largest absolute Gasteiger partial charge is 0.478 e. The highest BCUT2D eigenvalue weighted by molar-refractivity contribution is 5.91. The van der Waals surface area contributed by atoms with Gasteiger partial charge < -0.3 is 20.1 Å². The van der Waals surface area contributed by atoms with Crippen LogP contribution >= 0.6 is 0 Å². The summed E-state index contributed by atoms with van der Waals surface area (Å²) in [5.74, 6) is -0.899. The average Bonchev–Trinajstić information content (AvgIpc) is 2.35. The number of fused-ring (bicyclic) bond motifs is 1. The number of nitrogens with zero attached hydrogens (tertiary/aromatic N) is 1. The highest BCUT2D eigenvalue weighted by Crippen LogP contribution is 2.29. The van der Waals surface area contributed by atoms with Crippen molar-refractivity contribution >= 4 is 17.3 Å². The Hall–Kier alpha value is -1.75. The fourth-order valence-electron chi connectivity index (χ4n) is 1.97. The Morgan fingerprint density at radius 1 is 1.59 bits per heavy atom. The molecular weight excluding hydrogens is 220 g/mol. The Kier molecular flexibility index (Phi) is 3.49. The molecular formula is C12H16N2O3. The molecule has 5 heteroatoms. The van der Waals surface area contributed by atoms with E-state index in [-0.39, 0.29) is 0 Å². The zero-order chi connectivity index (χ0) is 12.3. The average molecular weight is 236 g/mol. The summed E-state index contributed by atoms with van der Waals surface area (Å²) in [7, 11) is 1.68. The molecule has 1 heterocycles. The number of aromatic carboxylic acids is 1. The van der Waals surface area contributed by atoms with Crippen LogP contribution in [0.4, 0.5) is 11.4 Å². The monoisotopic (exact) mass is 236 g/mol. The maximum atomic E-state index is 10.9. The van der Waals surface area contributed by atoms with E-state index in [2.05, 4.69) is 10.2 Å². The number of benzene rings is 1. The lowest BCUT2D eigenvalue weighted by molar-refractivity contribution is 0.0697. The van der Waals surface area contributed by atoms with Gasteiger partial charge in [-0.25, -0.2) is 4.79 Å². The first-order chi connectivity index (χ1) is 8.22. The SMILES string of the molecule is COCCN1CCNc2cc(C(=O)O)ccc21. The molecule has 0 saturated heterocycles. The number of nitrogens with one attached hydrogen (secondary N) is 1. The van der Waals surface area contributed by atoms with Crippen molar-refractivity contribution in [3.63, 3.8) is 0 Å². The zero-order valence-corrected chi connectivity index (χ0v) is 9.77. The topological polar surface area (TPSA) is 61.8 Å². The molecule has 0 aromatic heterocycles. The van der Waals surface area contributed by atoms with Gasteiger partial charge in [0.05, 0.1) is 23.5 Å². The Labute approximate surface area is 100.0 Å². The van der Waals surface area contributed by atoms with Crippen LogP contribution in [0, 0.1) is 0 Å². The third-order valence-electron chi connectivity index (χ3n) is 2.85. The maximum absolute atomic E-state index is 10.9. The van der Waals surface area contributed by atoms with E-state index >= 15 is 0 Å². The number of methoxy groups -OCH3 is 1. The molecule has 2 N–H and O–H groups in total.